The van der Waals surface area contributed by atoms with Gasteiger partial charge in [-0.15, -0.1) is 0 Å². The molecule has 1 aliphatic heterocycles. The molecule has 0 aliphatic carbocycles. The molecule has 1 unspecified atom stereocenters. The number of hydrogen-bond acceptors (Lipinski definition) is 7. The van der Waals surface area contributed by atoms with E-state index in [9.17, 15) is 21.2 Å². The average molecular weight is 581 g/mol. The SMILES string of the molecule is Cc1ccc(S(=O)(=O)c2c(NS(=O)(=O)c3ccc(F)cc3)n(CC3CCCO3)c3nc4ccccc4nc23)cc1. The molecule has 3 heterocycles. The van der Waals surface area contributed by atoms with Gasteiger partial charge in [-0.05, 0) is 68.3 Å². The molecular formula is C28H25FN4O5S2. The second kappa shape index (κ2) is 9.95. The summed E-state index contributed by atoms with van der Waals surface area (Å²) in [5.74, 6) is -0.806. The van der Waals surface area contributed by atoms with Crippen molar-refractivity contribution < 1.29 is 26.0 Å². The van der Waals surface area contributed by atoms with Crippen LogP contribution in [0.2, 0.25) is 0 Å². The summed E-state index contributed by atoms with van der Waals surface area (Å²) in [6.07, 6.45) is 1.25. The first kappa shape index (κ1) is 26.4. The van der Waals surface area contributed by atoms with Crippen LogP contribution in [0.4, 0.5) is 10.2 Å². The fourth-order valence-corrected chi connectivity index (χ4v) is 7.51. The molecule has 12 heteroatoms. The number of aryl methyl sites for hydroxylation is 1. The molecule has 1 atom stereocenters. The molecule has 206 valence electrons. The highest BCUT2D eigenvalue weighted by Gasteiger charge is 2.35. The number of benzene rings is 3. The van der Waals surface area contributed by atoms with E-state index >= 15 is 0 Å². The predicted molar refractivity (Wildman–Crippen MR) is 148 cm³/mol. The van der Waals surface area contributed by atoms with Crippen molar-refractivity contribution in [2.75, 3.05) is 11.3 Å². The number of aromatic nitrogens is 3. The lowest BCUT2D eigenvalue weighted by atomic mass is 10.2. The standard InChI is InChI=1S/C28H25FN4O5S2/c1-18-8-12-21(13-9-18)39(34,35)26-25-27(31-24-7-3-2-6-23(24)30-25)33(17-20-5-4-16-38-20)28(26)32-40(36,37)22-14-10-19(29)11-15-22/h2-3,6-15,20,32H,4-5,16-17H2,1H3. The summed E-state index contributed by atoms with van der Waals surface area (Å²) in [5.41, 5.74) is 2.08. The van der Waals surface area contributed by atoms with Gasteiger partial charge >= 0.3 is 0 Å². The minimum atomic E-state index is -4.35. The number of hydrogen-bond donors (Lipinski definition) is 1. The quantitative estimate of drug-likeness (QED) is 0.292. The molecule has 5 aromatic rings. The average Bonchev–Trinajstić information content (AvgIpc) is 3.54. The Bertz CT molecular complexity index is 1950. The van der Waals surface area contributed by atoms with Crippen molar-refractivity contribution >= 4 is 47.9 Å². The molecule has 1 fully saturated rings. The molecule has 0 spiro atoms. The molecule has 1 saturated heterocycles. The normalized spacial score (nSPS) is 16.1. The third kappa shape index (κ3) is 4.72. The molecule has 6 rings (SSSR count). The second-order valence-corrected chi connectivity index (χ2v) is 13.3. The van der Waals surface area contributed by atoms with Crippen molar-refractivity contribution in [2.45, 2.75) is 47.1 Å². The maximum atomic E-state index is 14.2. The molecule has 1 N–H and O–H groups in total. The summed E-state index contributed by atoms with van der Waals surface area (Å²) >= 11 is 0. The van der Waals surface area contributed by atoms with Gasteiger partial charge in [0.15, 0.2) is 5.65 Å². The van der Waals surface area contributed by atoms with Crippen LogP contribution < -0.4 is 4.72 Å². The first-order chi connectivity index (χ1) is 19.1. The number of sulfonamides is 1. The first-order valence-corrected chi connectivity index (χ1v) is 15.6. The Morgan fingerprint density at radius 1 is 0.925 bits per heavy atom. The Hall–Kier alpha value is -3.87. The lowest BCUT2D eigenvalue weighted by Crippen LogP contribution is -2.21. The van der Waals surface area contributed by atoms with Crippen LogP contribution in [0.3, 0.4) is 0 Å². The lowest BCUT2D eigenvalue weighted by Gasteiger charge is -2.17. The highest BCUT2D eigenvalue weighted by atomic mass is 32.2. The smallest absolute Gasteiger partial charge is 0.263 e. The molecule has 0 amide bonds. The number of nitrogens with zero attached hydrogens (tertiary/aromatic N) is 3. The van der Waals surface area contributed by atoms with Crippen LogP contribution in [0.5, 0.6) is 0 Å². The van der Waals surface area contributed by atoms with E-state index in [-0.39, 0.29) is 44.3 Å². The number of rotatable bonds is 7. The van der Waals surface area contributed by atoms with Gasteiger partial charge in [0.2, 0.25) is 9.84 Å². The lowest BCUT2D eigenvalue weighted by molar-refractivity contribution is 0.0983. The van der Waals surface area contributed by atoms with Gasteiger partial charge in [0.1, 0.15) is 22.0 Å². The number of fused-ring (bicyclic) bond motifs is 2. The molecule has 0 radical (unpaired) electrons. The van der Waals surface area contributed by atoms with Crippen LogP contribution in [0, 0.1) is 12.7 Å². The molecule has 2 aromatic heterocycles. The Labute approximate surface area is 230 Å². The van der Waals surface area contributed by atoms with Gasteiger partial charge in [0.05, 0.1) is 33.5 Å². The fraction of sp³-hybridized carbons (Fsp3) is 0.214. The highest BCUT2D eigenvalue weighted by Crippen LogP contribution is 2.39. The van der Waals surface area contributed by atoms with Gasteiger partial charge in [0.25, 0.3) is 10.0 Å². The fourth-order valence-electron chi connectivity index (χ4n) is 4.83. The summed E-state index contributed by atoms with van der Waals surface area (Å²) in [6, 6.07) is 17.6. The van der Waals surface area contributed by atoms with E-state index < -0.39 is 25.7 Å². The van der Waals surface area contributed by atoms with Gasteiger partial charge in [-0.3, -0.25) is 4.72 Å². The van der Waals surface area contributed by atoms with Crippen LogP contribution in [-0.2, 0) is 31.1 Å². The maximum absolute atomic E-state index is 14.2. The molecule has 0 saturated carbocycles. The van der Waals surface area contributed by atoms with Crippen LogP contribution in [-0.4, -0.2) is 44.1 Å². The zero-order chi connectivity index (χ0) is 28.1. The summed E-state index contributed by atoms with van der Waals surface area (Å²) < 4.78 is 79.0. The van der Waals surface area contributed by atoms with Gasteiger partial charge in [-0.25, -0.2) is 31.2 Å². The zero-order valence-electron chi connectivity index (χ0n) is 21.4. The Balaban J connectivity index is 1.66. The Morgan fingerprint density at radius 2 is 1.57 bits per heavy atom. The Morgan fingerprint density at radius 3 is 2.23 bits per heavy atom. The number of sulfone groups is 1. The van der Waals surface area contributed by atoms with E-state index in [1.54, 1.807) is 36.4 Å². The van der Waals surface area contributed by atoms with Gasteiger partial charge in [-0.2, -0.15) is 0 Å². The molecule has 3 aromatic carbocycles. The van der Waals surface area contributed by atoms with Crippen molar-refractivity contribution in [2.24, 2.45) is 0 Å². The van der Waals surface area contributed by atoms with E-state index in [0.29, 0.717) is 24.1 Å². The highest BCUT2D eigenvalue weighted by molar-refractivity contribution is 7.93. The van der Waals surface area contributed by atoms with Gasteiger partial charge < -0.3 is 9.30 Å². The van der Waals surface area contributed by atoms with Gasteiger partial charge in [-0.1, -0.05) is 29.8 Å². The molecule has 0 bridgehead atoms. The first-order valence-electron chi connectivity index (χ1n) is 12.6. The van der Waals surface area contributed by atoms with Crippen molar-refractivity contribution in [1.29, 1.82) is 0 Å². The van der Waals surface area contributed by atoms with E-state index in [0.717, 1.165) is 36.2 Å². The number of ether oxygens (including phenoxy) is 1. The number of para-hydroxylation sites is 2. The summed E-state index contributed by atoms with van der Waals surface area (Å²) in [5, 5.41) is 0. The molecule has 9 nitrogen and oxygen atoms in total. The predicted octanol–water partition coefficient (Wildman–Crippen LogP) is 4.84. The van der Waals surface area contributed by atoms with Crippen LogP contribution >= 0.6 is 0 Å². The molecule has 1 aliphatic rings. The number of anilines is 1. The Kier molecular flexibility index (Phi) is 6.56. The minimum Gasteiger partial charge on any atom is -0.376 e. The largest absolute Gasteiger partial charge is 0.376 e. The topological polar surface area (TPSA) is 120 Å². The summed E-state index contributed by atoms with van der Waals surface area (Å²) in [6.45, 7) is 2.53. The maximum Gasteiger partial charge on any atom is 0.263 e. The zero-order valence-corrected chi connectivity index (χ0v) is 23.0. The van der Waals surface area contributed by atoms with E-state index in [1.807, 2.05) is 6.92 Å². The van der Waals surface area contributed by atoms with Gasteiger partial charge in [0, 0.05) is 6.61 Å². The van der Waals surface area contributed by atoms with Crippen LogP contribution in [0.1, 0.15) is 18.4 Å². The minimum absolute atomic E-state index is 0.0218. The molecular weight excluding hydrogens is 555 g/mol. The van der Waals surface area contributed by atoms with E-state index in [1.165, 1.54) is 16.7 Å². The summed E-state index contributed by atoms with van der Waals surface area (Å²) in [4.78, 5) is 8.84. The molecule has 40 heavy (non-hydrogen) atoms. The van der Waals surface area contributed by atoms with Crippen molar-refractivity contribution in [3.8, 4) is 0 Å². The van der Waals surface area contributed by atoms with Crippen molar-refractivity contribution in [1.82, 2.24) is 14.5 Å². The number of halogens is 1. The monoisotopic (exact) mass is 580 g/mol. The summed E-state index contributed by atoms with van der Waals surface area (Å²) in [7, 11) is -8.66. The van der Waals surface area contributed by atoms with Crippen LogP contribution in [0.25, 0.3) is 22.2 Å². The third-order valence-electron chi connectivity index (χ3n) is 6.87. The third-order valence-corrected chi connectivity index (χ3v) is 10.0. The number of nitrogens with one attached hydrogen (secondary N) is 1. The van der Waals surface area contributed by atoms with Crippen molar-refractivity contribution in [3.05, 3.63) is 84.2 Å². The van der Waals surface area contributed by atoms with E-state index in [2.05, 4.69) is 9.71 Å². The van der Waals surface area contributed by atoms with E-state index in [4.69, 9.17) is 9.72 Å². The second-order valence-electron chi connectivity index (χ2n) is 9.68. The van der Waals surface area contributed by atoms with Crippen molar-refractivity contribution in [3.63, 3.8) is 0 Å². The van der Waals surface area contributed by atoms with Crippen LogP contribution in [0.15, 0.2) is 87.5 Å².